The molecule has 0 radical (unpaired) electrons. The molecule has 0 bridgehead atoms. The minimum Gasteiger partial charge on any atom is -0.493 e. The Hall–Kier alpha value is -1.71. The van der Waals surface area contributed by atoms with E-state index in [4.69, 9.17) is 14.2 Å². The molecule has 1 atom stereocenters. The first-order valence-electron chi connectivity index (χ1n) is 6.41. The molecule has 19 heavy (non-hydrogen) atoms. The summed E-state index contributed by atoms with van der Waals surface area (Å²) in [6, 6.07) is 3.45. The molecule has 0 aliphatic carbocycles. The maximum atomic E-state index is 12.3. The Kier molecular flexibility index (Phi) is 5.67. The van der Waals surface area contributed by atoms with Gasteiger partial charge >= 0.3 is 0 Å². The highest BCUT2D eigenvalue weighted by Crippen LogP contribution is 2.40. The zero-order chi connectivity index (χ0) is 14.4. The van der Waals surface area contributed by atoms with Gasteiger partial charge in [0, 0.05) is 6.42 Å². The molecule has 1 unspecified atom stereocenters. The average molecular weight is 266 g/mol. The van der Waals surface area contributed by atoms with Gasteiger partial charge in [-0.3, -0.25) is 4.79 Å². The van der Waals surface area contributed by atoms with E-state index in [9.17, 15) is 4.79 Å². The van der Waals surface area contributed by atoms with Gasteiger partial charge in [-0.1, -0.05) is 20.3 Å². The van der Waals surface area contributed by atoms with E-state index in [1.54, 1.807) is 19.2 Å². The van der Waals surface area contributed by atoms with Crippen LogP contribution in [0.5, 0.6) is 17.2 Å². The van der Waals surface area contributed by atoms with Crippen molar-refractivity contribution >= 4 is 5.78 Å². The third-order valence-corrected chi connectivity index (χ3v) is 3.24. The lowest BCUT2D eigenvalue weighted by Gasteiger charge is -2.16. The van der Waals surface area contributed by atoms with Crippen molar-refractivity contribution in [3.05, 3.63) is 17.7 Å². The Morgan fingerprint density at radius 3 is 2.21 bits per heavy atom. The highest BCUT2D eigenvalue weighted by molar-refractivity contribution is 6.00. The van der Waals surface area contributed by atoms with E-state index in [0.717, 1.165) is 6.42 Å². The van der Waals surface area contributed by atoms with E-state index >= 15 is 0 Å². The number of benzene rings is 1. The van der Waals surface area contributed by atoms with Crippen LogP contribution in [0.25, 0.3) is 0 Å². The molecule has 0 N–H and O–H groups in total. The molecule has 0 spiro atoms. The molecular formula is C15H22O4. The summed E-state index contributed by atoms with van der Waals surface area (Å²) in [6.45, 7) is 4.13. The molecule has 4 heteroatoms. The van der Waals surface area contributed by atoms with Gasteiger partial charge in [-0.25, -0.2) is 0 Å². The van der Waals surface area contributed by atoms with Gasteiger partial charge in [0.2, 0.25) is 5.75 Å². The van der Waals surface area contributed by atoms with E-state index in [-0.39, 0.29) is 5.78 Å². The SMILES string of the molecule is CCC(C)CC(=O)c1ccc(OC)c(OC)c1OC. The van der Waals surface area contributed by atoms with Gasteiger partial charge in [-0.15, -0.1) is 0 Å². The zero-order valence-corrected chi connectivity index (χ0v) is 12.3. The third kappa shape index (κ3) is 3.40. The van der Waals surface area contributed by atoms with Crippen LogP contribution in [-0.2, 0) is 0 Å². The van der Waals surface area contributed by atoms with Gasteiger partial charge in [-0.2, -0.15) is 0 Å². The second-order valence-electron chi connectivity index (χ2n) is 4.52. The standard InChI is InChI=1S/C15H22O4/c1-6-10(2)9-12(16)11-7-8-13(17-3)15(19-5)14(11)18-4/h7-8,10H,6,9H2,1-5H3. The maximum absolute atomic E-state index is 12.3. The fourth-order valence-corrected chi connectivity index (χ4v) is 1.89. The Bertz CT molecular complexity index is 440. The van der Waals surface area contributed by atoms with Crippen LogP contribution >= 0.6 is 0 Å². The molecule has 0 aromatic heterocycles. The summed E-state index contributed by atoms with van der Waals surface area (Å²) in [5, 5.41) is 0. The average Bonchev–Trinajstić information content (AvgIpc) is 2.44. The number of methoxy groups -OCH3 is 3. The number of Topliss-reactive ketones (excluding diaryl/α,β-unsaturated/α-hetero) is 1. The van der Waals surface area contributed by atoms with Crippen molar-refractivity contribution in [3.63, 3.8) is 0 Å². The number of ketones is 1. The predicted octanol–water partition coefficient (Wildman–Crippen LogP) is 3.33. The Morgan fingerprint density at radius 1 is 1.11 bits per heavy atom. The number of carbonyl (C=O) groups is 1. The van der Waals surface area contributed by atoms with Crippen LogP contribution in [0.4, 0.5) is 0 Å². The summed E-state index contributed by atoms with van der Waals surface area (Å²) < 4.78 is 15.8. The first kappa shape index (κ1) is 15.3. The minimum atomic E-state index is 0.0622. The van der Waals surface area contributed by atoms with E-state index in [1.807, 2.05) is 0 Å². The van der Waals surface area contributed by atoms with Crippen molar-refractivity contribution < 1.29 is 19.0 Å². The molecule has 4 nitrogen and oxygen atoms in total. The van der Waals surface area contributed by atoms with Gasteiger partial charge in [0.1, 0.15) is 0 Å². The van der Waals surface area contributed by atoms with Gasteiger partial charge in [0.05, 0.1) is 26.9 Å². The van der Waals surface area contributed by atoms with Crippen LogP contribution in [-0.4, -0.2) is 27.1 Å². The molecule has 0 heterocycles. The topological polar surface area (TPSA) is 44.8 Å². The lowest BCUT2D eigenvalue weighted by molar-refractivity contribution is 0.0960. The molecule has 0 aliphatic rings. The van der Waals surface area contributed by atoms with Gasteiger partial charge in [-0.05, 0) is 18.1 Å². The number of rotatable bonds is 7. The van der Waals surface area contributed by atoms with Crippen LogP contribution in [0.2, 0.25) is 0 Å². The van der Waals surface area contributed by atoms with Crippen LogP contribution in [0, 0.1) is 5.92 Å². The number of ether oxygens (including phenoxy) is 3. The summed E-state index contributed by atoms with van der Waals surface area (Å²) >= 11 is 0. The molecule has 0 saturated heterocycles. The van der Waals surface area contributed by atoms with Crippen LogP contribution < -0.4 is 14.2 Å². The fourth-order valence-electron chi connectivity index (χ4n) is 1.89. The smallest absolute Gasteiger partial charge is 0.204 e. The predicted molar refractivity (Wildman–Crippen MR) is 74.5 cm³/mol. The number of hydrogen-bond donors (Lipinski definition) is 0. The summed E-state index contributed by atoms with van der Waals surface area (Å²) in [7, 11) is 4.61. The molecular weight excluding hydrogens is 244 g/mol. The minimum absolute atomic E-state index is 0.0622. The van der Waals surface area contributed by atoms with Gasteiger partial charge in [0.25, 0.3) is 0 Å². The fraction of sp³-hybridized carbons (Fsp3) is 0.533. The summed E-state index contributed by atoms with van der Waals surface area (Å²) in [5.41, 5.74) is 0.542. The van der Waals surface area contributed by atoms with Gasteiger partial charge < -0.3 is 14.2 Å². The first-order valence-corrected chi connectivity index (χ1v) is 6.41. The molecule has 0 saturated carbocycles. The highest BCUT2D eigenvalue weighted by atomic mass is 16.5. The molecule has 0 amide bonds. The van der Waals surface area contributed by atoms with E-state index in [0.29, 0.717) is 35.2 Å². The van der Waals surface area contributed by atoms with Crippen molar-refractivity contribution in [3.8, 4) is 17.2 Å². The number of carbonyl (C=O) groups excluding carboxylic acids is 1. The van der Waals surface area contributed by atoms with E-state index in [1.165, 1.54) is 14.2 Å². The van der Waals surface area contributed by atoms with Crippen molar-refractivity contribution in [1.29, 1.82) is 0 Å². The second-order valence-corrected chi connectivity index (χ2v) is 4.52. The molecule has 106 valence electrons. The van der Waals surface area contributed by atoms with E-state index in [2.05, 4.69) is 13.8 Å². The maximum Gasteiger partial charge on any atom is 0.204 e. The Balaban J connectivity index is 3.17. The lowest BCUT2D eigenvalue weighted by atomic mass is 9.97. The third-order valence-electron chi connectivity index (χ3n) is 3.24. The Labute approximate surface area is 114 Å². The molecule has 0 fully saturated rings. The Morgan fingerprint density at radius 2 is 1.74 bits per heavy atom. The largest absolute Gasteiger partial charge is 0.493 e. The van der Waals surface area contributed by atoms with Crippen molar-refractivity contribution in [2.45, 2.75) is 26.7 Å². The molecule has 1 rings (SSSR count). The quantitative estimate of drug-likeness (QED) is 0.710. The van der Waals surface area contributed by atoms with Crippen molar-refractivity contribution in [1.82, 2.24) is 0 Å². The summed E-state index contributed by atoms with van der Waals surface area (Å²) in [4.78, 5) is 12.3. The number of hydrogen-bond acceptors (Lipinski definition) is 4. The monoisotopic (exact) mass is 266 g/mol. The van der Waals surface area contributed by atoms with Crippen LogP contribution in [0.3, 0.4) is 0 Å². The van der Waals surface area contributed by atoms with Crippen LogP contribution in [0.1, 0.15) is 37.0 Å². The van der Waals surface area contributed by atoms with Crippen molar-refractivity contribution in [2.75, 3.05) is 21.3 Å². The molecule has 0 aliphatic heterocycles. The van der Waals surface area contributed by atoms with E-state index < -0.39 is 0 Å². The highest BCUT2D eigenvalue weighted by Gasteiger charge is 2.21. The lowest BCUT2D eigenvalue weighted by Crippen LogP contribution is -2.08. The van der Waals surface area contributed by atoms with Gasteiger partial charge in [0.15, 0.2) is 17.3 Å². The summed E-state index contributed by atoms with van der Waals surface area (Å²) in [5.74, 6) is 1.87. The molecule has 1 aromatic carbocycles. The second kappa shape index (κ2) is 7.02. The first-order chi connectivity index (χ1) is 9.08. The molecule has 1 aromatic rings. The normalized spacial score (nSPS) is 11.8. The zero-order valence-electron chi connectivity index (χ0n) is 12.3. The van der Waals surface area contributed by atoms with Crippen molar-refractivity contribution in [2.24, 2.45) is 5.92 Å². The summed E-state index contributed by atoms with van der Waals surface area (Å²) in [6.07, 6.45) is 1.48. The van der Waals surface area contributed by atoms with Crippen LogP contribution in [0.15, 0.2) is 12.1 Å².